The van der Waals surface area contributed by atoms with E-state index >= 15 is 0 Å². The highest BCUT2D eigenvalue weighted by Crippen LogP contribution is 2.41. The molecular weight excluding hydrogens is 921 g/mol. The molecule has 6 aromatic carbocycles. The standard InChI is InChI=1S/C60H72N4O9/c1-40-37-64-38-41(2)62-35-44-9-15-53(16-10-44)69-20-23-72-59-32-50-26-46-28-55(65-4)58(71-22-19-68-52-13-7-43(8-14-52)34-61-40)31-49(46)25-47-29-56(66-5)60(33-51(47)27-48(50)30-57(59)67-6)73-24-21-70-54-17-11-45(12-18-54)36-63-42(3)39-64/h7-18,28-33,40-42,61-63H,19-27,34-39H2,1-6H3/t40-,41-,42-/m1/s1. The fourth-order valence-electron chi connectivity index (χ4n) is 9.85. The number of nitrogens with one attached hydrogen (secondary N) is 3. The minimum absolute atomic E-state index is 0.243. The van der Waals surface area contributed by atoms with Crippen molar-refractivity contribution in [2.75, 3.05) is 80.6 Å². The smallest absolute Gasteiger partial charge is 0.161 e. The van der Waals surface area contributed by atoms with Gasteiger partial charge >= 0.3 is 0 Å². The van der Waals surface area contributed by atoms with E-state index in [0.29, 0.717) is 93.4 Å². The molecule has 0 saturated carbocycles. The van der Waals surface area contributed by atoms with Crippen molar-refractivity contribution in [2.24, 2.45) is 0 Å². The number of fused-ring (bicyclic) bond motifs is 1. The number of nitrogens with zero attached hydrogens (tertiary/aromatic N) is 1. The van der Waals surface area contributed by atoms with Crippen molar-refractivity contribution in [3.05, 3.63) is 159 Å². The molecule has 13 heteroatoms. The van der Waals surface area contributed by atoms with Crippen LogP contribution in [0, 0.1) is 0 Å². The average Bonchev–Trinajstić information content (AvgIpc) is 3.45. The number of methoxy groups -OCH3 is 3. The molecule has 3 N–H and O–H groups in total. The Morgan fingerprint density at radius 1 is 0.370 bits per heavy atom. The molecule has 0 amide bonds. The van der Waals surface area contributed by atoms with E-state index in [1.807, 2.05) is 36.4 Å². The normalized spacial score (nSPS) is 20.1. The van der Waals surface area contributed by atoms with Crippen molar-refractivity contribution in [3.63, 3.8) is 0 Å². The van der Waals surface area contributed by atoms with Crippen molar-refractivity contribution >= 4 is 0 Å². The molecule has 12 heterocycles. The van der Waals surface area contributed by atoms with E-state index in [2.05, 4.69) is 114 Å². The van der Waals surface area contributed by atoms with Gasteiger partial charge in [-0.2, -0.15) is 0 Å². The van der Waals surface area contributed by atoms with Crippen LogP contribution in [-0.2, 0) is 38.9 Å². The van der Waals surface area contributed by atoms with E-state index in [1.54, 1.807) is 21.3 Å². The fraction of sp³-hybridized carbons (Fsp3) is 0.400. The molecule has 12 aliphatic heterocycles. The third-order valence-corrected chi connectivity index (χ3v) is 13.8. The maximum atomic E-state index is 6.48. The lowest BCUT2D eigenvalue weighted by atomic mass is 9.94. The topological polar surface area (TPSA) is 122 Å². The molecule has 19 rings (SSSR count). The van der Waals surface area contributed by atoms with Crippen LogP contribution in [0.15, 0.2) is 109 Å². The first-order chi connectivity index (χ1) is 35.7. The summed E-state index contributed by atoms with van der Waals surface area (Å²) in [5.41, 5.74) is 10.2. The van der Waals surface area contributed by atoms with Crippen LogP contribution in [0.25, 0.3) is 0 Å². The molecule has 13 aliphatic rings. The van der Waals surface area contributed by atoms with E-state index in [1.165, 1.54) is 16.7 Å². The first-order valence-corrected chi connectivity index (χ1v) is 25.7. The van der Waals surface area contributed by atoms with Crippen LogP contribution in [0.5, 0.6) is 51.7 Å². The largest absolute Gasteiger partial charge is 0.493 e. The minimum Gasteiger partial charge on any atom is -0.493 e. The molecule has 73 heavy (non-hydrogen) atoms. The van der Waals surface area contributed by atoms with Crippen LogP contribution in [0.1, 0.15) is 70.8 Å². The van der Waals surface area contributed by atoms with Gasteiger partial charge in [0.05, 0.1) is 21.3 Å². The van der Waals surface area contributed by atoms with Crippen LogP contribution < -0.4 is 58.6 Å². The number of ether oxygens (including phenoxy) is 9. The second-order valence-electron chi connectivity index (χ2n) is 19.4. The summed E-state index contributed by atoms with van der Waals surface area (Å²) in [5.74, 6) is 6.26. The Hall–Kier alpha value is -6.64. The second-order valence-corrected chi connectivity index (χ2v) is 19.4. The van der Waals surface area contributed by atoms with E-state index in [9.17, 15) is 0 Å². The molecule has 3 atom stereocenters. The van der Waals surface area contributed by atoms with Gasteiger partial charge in [0, 0.05) is 57.4 Å². The quantitative estimate of drug-likeness (QED) is 0.156. The number of hydrogen-bond acceptors (Lipinski definition) is 13. The predicted octanol–water partition coefficient (Wildman–Crippen LogP) is 8.94. The molecule has 386 valence electrons. The SMILES string of the molecule is COc1cc2c3cc1OCCOc1ccc(cc1)CN[C@H](C)CN1C[C@@H](C)NCc4ccc(cc4)OCCOc4cc(c(cc4OC)C3)Cc3cc(OC)c(cc3C2)OCCOc2ccc(cc2)CN[C@H](C)C1. The molecule has 0 unspecified atom stereocenters. The summed E-state index contributed by atoms with van der Waals surface area (Å²) in [7, 11) is 5.05. The van der Waals surface area contributed by atoms with Crippen molar-refractivity contribution < 1.29 is 42.6 Å². The van der Waals surface area contributed by atoms with Crippen LogP contribution in [-0.4, -0.2) is 104 Å². The Bertz CT molecular complexity index is 2440. The van der Waals surface area contributed by atoms with Crippen molar-refractivity contribution in [2.45, 2.75) is 77.8 Å². The van der Waals surface area contributed by atoms with Crippen molar-refractivity contribution in [1.29, 1.82) is 0 Å². The average molecular weight is 993 g/mol. The van der Waals surface area contributed by atoms with Gasteiger partial charge in [-0.3, -0.25) is 4.90 Å². The highest BCUT2D eigenvalue weighted by molar-refractivity contribution is 5.58. The molecular formula is C60H72N4O9. The molecule has 0 saturated heterocycles. The van der Waals surface area contributed by atoms with Gasteiger partial charge in [0.2, 0.25) is 0 Å². The Morgan fingerprint density at radius 3 is 0.904 bits per heavy atom. The lowest BCUT2D eigenvalue weighted by molar-refractivity contribution is 0.206. The summed E-state index contributed by atoms with van der Waals surface area (Å²) < 4.78 is 56.1. The Labute approximate surface area is 431 Å². The molecule has 0 fully saturated rings. The van der Waals surface area contributed by atoms with Gasteiger partial charge in [0.15, 0.2) is 34.5 Å². The van der Waals surface area contributed by atoms with Crippen LogP contribution in [0.3, 0.4) is 0 Å². The van der Waals surface area contributed by atoms with Gasteiger partial charge in [0.1, 0.15) is 56.9 Å². The zero-order valence-electron chi connectivity index (χ0n) is 43.4. The molecule has 6 aromatic rings. The van der Waals surface area contributed by atoms with Gasteiger partial charge in [-0.1, -0.05) is 36.4 Å². The van der Waals surface area contributed by atoms with Crippen LogP contribution >= 0.6 is 0 Å². The van der Waals surface area contributed by atoms with Gasteiger partial charge in [0.25, 0.3) is 0 Å². The third-order valence-electron chi connectivity index (χ3n) is 13.8. The number of rotatable bonds is 3. The lowest BCUT2D eigenvalue weighted by Gasteiger charge is -2.32. The molecule has 13 nitrogen and oxygen atoms in total. The second kappa shape index (κ2) is 24.9. The predicted molar refractivity (Wildman–Crippen MR) is 285 cm³/mol. The van der Waals surface area contributed by atoms with Crippen LogP contribution in [0.2, 0.25) is 0 Å². The van der Waals surface area contributed by atoms with Crippen LogP contribution in [0.4, 0.5) is 0 Å². The summed E-state index contributed by atoms with van der Waals surface area (Å²) in [6.07, 6.45) is 1.85. The summed E-state index contributed by atoms with van der Waals surface area (Å²) in [4.78, 5) is 2.56. The Balaban J connectivity index is 1.09. The van der Waals surface area contributed by atoms with Gasteiger partial charge in [-0.15, -0.1) is 0 Å². The zero-order chi connectivity index (χ0) is 50.5. The fourth-order valence-corrected chi connectivity index (χ4v) is 9.85. The summed E-state index contributed by atoms with van der Waals surface area (Å²) >= 11 is 0. The Kier molecular flexibility index (Phi) is 17.5. The lowest BCUT2D eigenvalue weighted by Crippen LogP contribution is -2.49. The zero-order valence-corrected chi connectivity index (χ0v) is 43.4. The highest BCUT2D eigenvalue weighted by Gasteiger charge is 2.24. The van der Waals surface area contributed by atoms with Gasteiger partial charge < -0.3 is 58.6 Å². The minimum atomic E-state index is 0.243. The van der Waals surface area contributed by atoms with Gasteiger partial charge in [-0.05, 0) is 163 Å². The molecule has 0 radical (unpaired) electrons. The molecule has 0 aromatic heterocycles. The number of benzene rings is 6. The Morgan fingerprint density at radius 2 is 0.630 bits per heavy atom. The monoisotopic (exact) mass is 993 g/mol. The molecule has 0 spiro atoms. The molecule has 16 bridgehead atoms. The van der Waals surface area contributed by atoms with E-state index in [0.717, 1.165) is 89.9 Å². The van der Waals surface area contributed by atoms with Crippen molar-refractivity contribution in [3.8, 4) is 51.7 Å². The summed E-state index contributed by atoms with van der Waals surface area (Å²) in [6.45, 7) is 13.8. The summed E-state index contributed by atoms with van der Waals surface area (Å²) in [5, 5.41) is 11.4. The van der Waals surface area contributed by atoms with E-state index in [4.69, 9.17) is 42.6 Å². The molecule has 1 aliphatic carbocycles. The van der Waals surface area contributed by atoms with E-state index < -0.39 is 0 Å². The van der Waals surface area contributed by atoms with Crippen molar-refractivity contribution in [1.82, 2.24) is 20.9 Å². The first-order valence-electron chi connectivity index (χ1n) is 25.7. The third kappa shape index (κ3) is 13.9. The van der Waals surface area contributed by atoms with Gasteiger partial charge in [-0.25, -0.2) is 0 Å². The maximum Gasteiger partial charge on any atom is 0.161 e. The number of hydrogen-bond donors (Lipinski definition) is 3. The van der Waals surface area contributed by atoms with E-state index in [-0.39, 0.29) is 18.1 Å². The first kappa shape index (κ1) is 51.3. The summed E-state index contributed by atoms with van der Waals surface area (Å²) in [6, 6.07) is 38.3. The maximum absolute atomic E-state index is 6.48. The highest BCUT2D eigenvalue weighted by atomic mass is 16.6.